The third-order valence-corrected chi connectivity index (χ3v) is 4.71. The zero-order valence-electron chi connectivity index (χ0n) is 11.6. The molecule has 21 heavy (non-hydrogen) atoms. The molecule has 0 heterocycles. The highest BCUT2D eigenvalue weighted by atomic mass is 79.9. The lowest BCUT2D eigenvalue weighted by atomic mass is 9.78. The highest BCUT2D eigenvalue weighted by Gasteiger charge is 2.29. The zero-order chi connectivity index (χ0) is 15.3. The molecular formula is C17H18Br2O2. The SMILES string of the molecule is OCC(CO)(Cc1ccc(Br)cc1)Cc1ccc(Br)cc1. The molecule has 2 aromatic carbocycles. The molecule has 0 amide bonds. The summed E-state index contributed by atoms with van der Waals surface area (Å²) in [6, 6.07) is 16.0. The van der Waals surface area contributed by atoms with E-state index in [1.165, 1.54) is 0 Å². The van der Waals surface area contributed by atoms with Crippen LogP contribution in [0.3, 0.4) is 0 Å². The summed E-state index contributed by atoms with van der Waals surface area (Å²) in [6.45, 7) is -0.0920. The molecule has 0 bridgehead atoms. The van der Waals surface area contributed by atoms with Crippen molar-refractivity contribution in [2.45, 2.75) is 12.8 Å². The van der Waals surface area contributed by atoms with Gasteiger partial charge in [-0.15, -0.1) is 0 Å². The Labute approximate surface area is 142 Å². The Balaban J connectivity index is 2.19. The van der Waals surface area contributed by atoms with Crippen LogP contribution in [-0.2, 0) is 12.8 Å². The molecule has 2 nitrogen and oxygen atoms in total. The van der Waals surface area contributed by atoms with Crippen LogP contribution in [0.4, 0.5) is 0 Å². The Hall–Kier alpha value is -0.680. The second-order valence-corrected chi connectivity index (χ2v) is 7.25. The Bertz CT molecular complexity index is 511. The van der Waals surface area contributed by atoms with E-state index in [0.717, 1.165) is 20.1 Å². The summed E-state index contributed by atoms with van der Waals surface area (Å²) in [5.41, 5.74) is 1.68. The van der Waals surface area contributed by atoms with Crippen LogP contribution in [0.15, 0.2) is 57.5 Å². The molecule has 0 saturated heterocycles. The Morgan fingerprint density at radius 1 is 0.667 bits per heavy atom. The molecule has 0 aliphatic heterocycles. The van der Waals surface area contributed by atoms with Gasteiger partial charge in [-0.2, -0.15) is 0 Å². The second-order valence-electron chi connectivity index (χ2n) is 5.42. The lowest BCUT2D eigenvalue weighted by Gasteiger charge is -2.30. The molecule has 0 saturated carbocycles. The number of aliphatic hydroxyl groups is 2. The minimum absolute atomic E-state index is 0.0460. The smallest absolute Gasteiger partial charge is 0.0515 e. The van der Waals surface area contributed by atoms with Crippen LogP contribution in [0, 0.1) is 5.41 Å². The van der Waals surface area contributed by atoms with Crippen LogP contribution in [0.5, 0.6) is 0 Å². The molecular weight excluding hydrogens is 396 g/mol. The van der Waals surface area contributed by atoms with Crippen molar-refractivity contribution >= 4 is 31.9 Å². The summed E-state index contributed by atoms with van der Waals surface area (Å²) in [7, 11) is 0. The molecule has 0 atom stereocenters. The fraction of sp³-hybridized carbons (Fsp3) is 0.294. The summed E-state index contributed by atoms with van der Waals surface area (Å²) < 4.78 is 2.05. The van der Waals surface area contributed by atoms with Gasteiger partial charge in [0.1, 0.15) is 0 Å². The first kappa shape index (κ1) is 16.7. The minimum atomic E-state index is -0.540. The average molecular weight is 414 g/mol. The molecule has 0 aliphatic carbocycles. The maximum atomic E-state index is 9.83. The molecule has 0 unspecified atom stereocenters. The molecule has 0 spiro atoms. The predicted octanol–water partition coefficient (Wildman–Crippen LogP) is 3.97. The molecule has 0 aromatic heterocycles. The van der Waals surface area contributed by atoms with Crippen molar-refractivity contribution in [3.63, 3.8) is 0 Å². The lowest BCUT2D eigenvalue weighted by molar-refractivity contribution is 0.0548. The van der Waals surface area contributed by atoms with E-state index in [9.17, 15) is 10.2 Å². The Kier molecular flexibility index (Phi) is 5.99. The van der Waals surface area contributed by atoms with Crippen LogP contribution in [-0.4, -0.2) is 23.4 Å². The van der Waals surface area contributed by atoms with Gasteiger partial charge in [0, 0.05) is 14.4 Å². The van der Waals surface area contributed by atoms with E-state index >= 15 is 0 Å². The van der Waals surface area contributed by atoms with E-state index < -0.39 is 5.41 Å². The average Bonchev–Trinajstić information content (AvgIpc) is 2.51. The van der Waals surface area contributed by atoms with Crippen molar-refractivity contribution in [3.8, 4) is 0 Å². The predicted molar refractivity (Wildman–Crippen MR) is 92.3 cm³/mol. The fourth-order valence-electron chi connectivity index (χ4n) is 2.41. The van der Waals surface area contributed by atoms with Crippen LogP contribution >= 0.6 is 31.9 Å². The summed E-state index contributed by atoms with van der Waals surface area (Å²) in [6.07, 6.45) is 1.28. The molecule has 2 rings (SSSR count). The van der Waals surface area contributed by atoms with Crippen LogP contribution in [0.1, 0.15) is 11.1 Å². The zero-order valence-corrected chi connectivity index (χ0v) is 14.8. The van der Waals surface area contributed by atoms with E-state index in [0.29, 0.717) is 12.8 Å². The van der Waals surface area contributed by atoms with Crippen molar-refractivity contribution in [2.24, 2.45) is 5.41 Å². The van der Waals surface area contributed by atoms with Gasteiger partial charge in [-0.05, 0) is 48.2 Å². The number of rotatable bonds is 6. The maximum absolute atomic E-state index is 9.83. The standard InChI is InChI=1S/C17H18Br2O2/c18-15-5-1-13(2-6-15)9-17(11-20,12-21)10-14-3-7-16(19)8-4-14/h1-8,20-21H,9-12H2. The van der Waals surface area contributed by atoms with E-state index in [4.69, 9.17) is 0 Å². The summed E-state index contributed by atoms with van der Waals surface area (Å²) in [4.78, 5) is 0. The first-order valence-corrected chi connectivity index (χ1v) is 8.36. The molecule has 4 heteroatoms. The highest BCUT2D eigenvalue weighted by Crippen LogP contribution is 2.28. The van der Waals surface area contributed by atoms with E-state index in [-0.39, 0.29) is 13.2 Å². The topological polar surface area (TPSA) is 40.5 Å². The van der Waals surface area contributed by atoms with E-state index in [1.807, 2.05) is 48.5 Å². The largest absolute Gasteiger partial charge is 0.396 e. The normalized spacial score (nSPS) is 11.6. The van der Waals surface area contributed by atoms with Gasteiger partial charge < -0.3 is 10.2 Å². The number of benzene rings is 2. The minimum Gasteiger partial charge on any atom is -0.396 e. The summed E-state index contributed by atoms with van der Waals surface area (Å²) in [5.74, 6) is 0. The third-order valence-electron chi connectivity index (χ3n) is 3.66. The van der Waals surface area contributed by atoms with Gasteiger partial charge in [0.05, 0.1) is 13.2 Å². The van der Waals surface area contributed by atoms with E-state index in [1.54, 1.807) is 0 Å². The van der Waals surface area contributed by atoms with Crippen molar-refractivity contribution in [1.82, 2.24) is 0 Å². The van der Waals surface area contributed by atoms with Gasteiger partial charge in [-0.1, -0.05) is 56.1 Å². The van der Waals surface area contributed by atoms with Crippen molar-refractivity contribution in [1.29, 1.82) is 0 Å². The Morgan fingerprint density at radius 2 is 1.00 bits per heavy atom. The van der Waals surface area contributed by atoms with Gasteiger partial charge in [0.15, 0.2) is 0 Å². The first-order chi connectivity index (χ1) is 10.1. The van der Waals surface area contributed by atoms with Gasteiger partial charge >= 0.3 is 0 Å². The van der Waals surface area contributed by atoms with Crippen LogP contribution in [0.2, 0.25) is 0 Å². The summed E-state index contributed by atoms with van der Waals surface area (Å²) in [5, 5.41) is 19.7. The third kappa shape index (κ3) is 4.65. The van der Waals surface area contributed by atoms with Crippen LogP contribution < -0.4 is 0 Å². The quantitative estimate of drug-likeness (QED) is 0.752. The summed E-state index contributed by atoms with van der Waals surface area (Å²) >= 11 is 6.83. The Morgan fingerprint density at radius 3 is 1.29 bits per heavy atom. The van der Waals surface area contributed by atoms with Crippen molar-refractivity contribution in [2.75, 3.05) is 13.2 Å². The van der Waals surface area contributed by atoms with Crippen LogP contribution in [0.25, 0.3) is 0 Å². The van der Waals surface area contributed by atoms with Gasteiger partial charge in [0.25, 0.3) is 0 Å². The molecule has 2 aromatic rings. The number of hydrogen-bond acceptors (Lipinski definition) is 2. The maximum Gasteiger partial charge on any atom is 0.0515 e. The number of hydrogen-bond donors (Lipinski definition) is 2. The first-order valence-electron chi connectivity index (χ1n) is 6.77. The molecule has 0 aliphatic rings. The number of halogens is 2. The van der Waals surface area contributed by atoms with Crippen molar-refractivity contribution < 1.29 is 10.2 Å². The highest BCUT2D eigenvalue weighted by molar-refractivity contribution is 9.10. The molecule has 112 valence electrons. The van der Waals surface area contributed by atoms with E-state index in [2.05, 4.69) is 31.9 Å². The monoisotopic (exact) mass is 412 g/mol. The fourth-order valence-corrected chi connectivity index (χ4v) is 2.94. The lowest BCUT2D eigenvalue weighted by Crippen LogP contribution is -2.34. The van der Waals surface area contributed by atoms with Gasteiger partial charge in [-0.25, -0.2) is 0 Å². The van der Waals surface area contributed by atoms with Gasteiger partial charge in [0.2, 0.25) is 0 Å². The number of aliphatic hydroxyl groups excluding tert-OH is 2. The molecule has 2 N–H and O–H groups in total. The molecule has 0 fully saturated rings. The molecule has 0 radical (unpaired) electrons. The second kappa shape index (κ2) is 7.54. The van der Waals surface area contributed by atoms with Gasteiger partial charge in [-0.3, -0.25) is 0 Å². The van der Waals surface area contributed by atoms with Crippen molar-refractivity contribution in [3.05, 3.63) is 68.6 Å².